The van der Waals surface area contributed by atoms with Gasteiger partial charge in [-0.15, -0.1) is 0 Å². The molecule has 5 heteroatoms. The third-order valence-electron chi connectivity index (χ3n) is 3.04. The van der Waals surface area contributed by atoms with Crippen molar-refractivity contribution >= 4 is 28.9 Å². The SMILES string of the molecule is CCC(=NO)c1ccccc1OCc1cc(Cl)ccc1Cl. The van der Waals surface area contributed by atoms with Gasteiger partial charge in [0.15, 0.2) is 0 Å². The zero-order chi connectivity index (χ0) is 15.2. The monoisotopic (exact) mass is 323 g/mol. The van der Waals surface area contributed by atoms with Crippen LogP contribution in [-0.4, -0.2) is 10.9 Å². The molecule has 2 aromatic rings. The summed E-state index contributed by atoms with van der Waals surface area (Å²) < 4.78 is 5.81. The molecule has 0 aliphatic rings. The van der Waals surface area contributed by atoms with Crippen LogP contribution < -0.4 is 4.74 Å². The maximum atomic E-state index is 9.06. The van der Waals surface area contributed by atoms with Gasteiger partial charge in [0.2, 0.25) is 0 Å². The van der Waals surface area contributed by atoms with Crippen molar-refractivity contribution in [1.82, 2.24) is 0 Å². The summed E-state index contributed by atoms with van der Waals surface area (Å²) in [4.78, 5) is 0. The van der Waals surface area contributed by atoms with Crippen LogP contribution in [0.5, 0.6) is 5.75 Å². The molecule has 0 amide bonds. The second-order valence-electron chi connectivity index (χ2n) is 4.42. The lowest BCUT2D eigenvalue weighted by Crippen LogP contribution is -2.04. The van der Waals surface area contributed by atoms with E-state index in [1.54, 1.807) is 18.2 Å². The van der Waals surface area contributed by atoms with Crippen molar-refractivity contribution in [3.05, 3.63) is 63.6 Å². The van der Waals surface area contributed by atoms with E-state index in [9.17, 15) is 0 Å². The Hall–Kier alpha value is -1.71. The predicted octanol–water partition coefficient (Wildman–Crippen LogP) is 5.16. The van der Waals surface area contributed by atoms with Crippen LogP contribution in [0, 0.1) is 0 Å². The zero-order valence-electron chi connectivity index (χ0n) is 11.5. The highest BCUT2D eigenvalue weighted by Gasteiger charge is 2.10. The minimum Gasteiger partial charge on any atom is -0.488 e. The summed E-state index contributed by atoms with van der Waals surface area (Å²) in [6.07, 6.45) is 0.606. The number of ether oxygens (including phenoxy) is 1. The Morgan fingerprint density at radius 2 is 1.95 bits per heavy atom. The minimum absolute atomic E-state index is 0.291. The summed E-state index contributed by atoms with van der Waals surface area (Å²) in [6.45, 7) is 2.21. The fourth-order valence-corrected chi connectivity index (χ4v) is 2.32. The largest absolute Gasteiger partial charge is 0.488 e. The standard InChI is InChI=1S/C16H15Cl2NO2/c1-2-15(19-20)13-5-3-4-6-16(13)21-10-11-9-12(17)7-8-14(11)18/h3-9,20H,2,10H2,1H3. The summed E-state index contributed by atoms with van der Waals surface area (Å²) >= 11 is 12.1. The number of para-hydroxylation sites is 1. The average Bonchev–Trinajstić information content (AvgIpc) is 2.50. The molecule has 2 rings (SSSR count). The molecule has 0 aliphatic heterocycles. The van der Waals surface area contributed by atoms with Crippen LogP contribution in [0.3, 0.4) is 0 Å². The topological polar surface area (TPSA) is 41.8 Å². The van der Waals surface area contributed by atoms with Gasteiger partial charge in [0.05, 0.1) is 5.71 Å². The van der Waals surface area contributed by atoms with Crippen molar-refractivity contribution in [1.29, 1.82) is 0 Å². The van der Waals surface area contributed by atoms with Crippen LogP contribution in [0.25, 0.3) is 0 Å². The minimum atomic E-state index is 0.291. The van der Waals surface area contributed by atoms with Crippen molar-refractivity contribution in [2.75, 3.05) is 0 Å². The van der Waals surface area contributed by atoms with Crippen LogP contribution in [0.2, 0.25) is 10.0 Å². The Labute approximate surface area is 133 Å². The van der Waals surface area contributed by atoms with E-state index >= 15 is 0 Å². The summed E-state index contributed by atoms with van der Waals surface area (Å²) in [5.41, 5.74) is 2.14. The zero-order valence-corrected chi connectivity index (χ0v) is 13.0. The predicted molar refractivity (Wildman–Crippen MR) is 85.9 cm³/mol. The molecule has 0 heterocycles. The van der Waals surface area contributed by atoms with Crippen molar-refractivity contribution < 1.29 is 9.94 Å². The second kappa shape index (κ2) is 7.34. The normalized spacial score (nSPS) is 11.5. The molecular formula is C16H15Cl2NO2. The van der Waals surface area contributed by atoms with Gasteiger partial charge in [-0.3, -0.25) is 0 Å². The van der Waals surface area contributed by atoms with Gasteiger partial charge in [0.1, 0.15) is 12.4 Å². The van der Waals surface area contributed by atoms with Crippen LogP contribution in [0.4, 0.5) is 0 Å². The molecule has 21 heavy (non-hydrogen) atoms. The third-order valence-corrected chi connectivity index (χ3v) is 3.65. The summed E-state index contributed by atoms with van der Waals surface area (Å²) in [6, 6.07) is 12.7. The van der Waals surface area contributed by atoms with E-state index in [4.69, 9.17) is 33.1 Å². The van der Waals surface area contributed by atoms with E-state index in [1.807, 2.05) is 31.2 Å². The van der Waals surface area contributed by atoms with Crippen LogP contribution in [0.15, 0.2) is 47.6 Å². The van der Waals surface area contributed by atoms with Gasteiger partial charge in [0, 0.05) is 21.2 Å². The smallest absolute Gasteiger partial charge is 0.128 e. The van der Waals surface area contributed by atoms with Crippen LogP contribution in [0.1, 0.15) is 24.5 Å². The average molecular weight is 324 g/mol. The molecule has 0 atom stereocenters. The number of hydrogen-bond acceptors (Lipinski definition) is 3. The van der Waals surface area contributed by atoms with Gasteiger partial charge >= 0.3 is 0 Å². The molecule has 0 bridgehead atoms. The van der Waals surface area contributed by atoms with E-state index in [0.717, 1.165) is 11.1 Å². The molecule has 2 aromatic carbocycles. The molecule has 0 unspecified atom stereocenters. The molecule has 0 spiro atoms. The summed E-state index contributed by atoms with van der Waals surface area (Å²) in [5.74, 6) is 0.642. The van der Waals surface area contributed by atoms with Gasteiger partial charge in [-0.1, -0.05) is 47.4 Å². The Bertz CT molecular complexity index is 656. The molecule has 0 aromatic heterocycles. The first kappa shape index (κ1) is 15.7. The Balaban J connectivity index is 2.23. The van der Waals surface area contributed by atoms with Crippen molar-refractivity contribution in [3.63, 3.8) is 0 Å². The maximum Gasteiger partial charge on any atom is 0.128 e. The van der Waals surface area contributed by atoms with E-state index in [1.165, 1.54) is 0 Å². The lowest BCUT2D eigenvalue weighted by atomic mass is 10.1. The van der Waals surface area contributed by atoms with Crippen molar-refractivity contribution in [2.45, 2.75) is 20.0 Å². The summed E-state index contributed by atoms with van der Waals surface area (Å²) in [7, 11) is 0. The first-order valence-electron chi connectivity index (χ1n) is 6.52. The molecule has 0 aliphatic carbocycles. The highest BCUT2D eigenvalue weighted by atomic mass is 35.5. The van der Waals surface area contributed by atoms with Crippen LogP contribution >= 0.6 is 23.2 Å². The third kappa shape index (κ3) is 3.90. The molecule has 0 fully saturated rings. The first-order valence-corrected chi connectivity index (χ1v) is 7.28. The number of benzene rings is 2. The molecule has 0 saturated carbocycles. The highest BCUT2D eigenvalue weighted by Crippen LogP contribution is 2.25. The number of hydrogen-bond donors (Lipinski definition) is 1. The van der Waals surface area contributed by atoms with Gasteiger partial charge in [-0.2, -0.15) is 0 Å². The molecule has 1 N–H and O–H groups in total. The van der Waals surface area contributed by atoms with Gasteiger partial charge in [0.25, 0.3) is 0 Å². The lowest BCUT2D eigenvalue weighted by Gasteiger charge is -2.12. The fourth-order valence-electron chi connectivity index (χ4n) is 1.96. The molecule has 3 nitrogen and oxygen atoms in total. The second-order valence-corrected chi connectivity index (χ2v) is 5.26. The number of rotatable bonds is 5. The van der Waals surface area contributed by atoms with Gasteiger partial charge in [-0.25, -0.2) is 0 Å². The highest BCUT2D eigenvalue weighted by molar-refractivity contribution is 6.33. The van der Waals surface area contributed by atoms with E-state index in [2.05, 4.69) is 5.16 Å². The Morgan fingerprint density at radius 1 is 1.19 bits per heavy atom. The van der Waals surface area contributed by atoms with Crippen LogP contribution in [-0.2, 0) is 6.61 Å². The molecule has 0 saturated heterocycles. The number of nitrogens with zero attached hydrogens (tertiary/aromatic N) is 1. The lowest BCUT2D eigenvalue weighted by molar-refractivity contribution is 0.303. The Morgan fingerprint density at radius 3 is 2.67 bits per heavy atom. The Kier molecular flexibility index (Phi) is 5.48. The molecular weight excluding hydrogens is 309 g/mol. The number of oxime groups is 1. The summed E-state index contributed by atoms with van der Waals surface area (Å²) in [5, 5.41) is 13.6. The van der Waals surface area contributed by atoms with Crippen molar-refractivity contribution in [2.24, 2.45) is 5.16 Å². The molecule has 110 valence electrons. The fraction of sp³-hybridized carbons (Fsp3) is 0.188. The van der Waals surface area contributed by atoms with Gasteiger partial charge < -0.3 is 9.94 Å². The molecule has 0 radical (unpaired) electrons. The van der Waals surface area contributed by atoms with E-state index in [0.29, 0.717) is 34.5 Å². The quantitative estimate of drug-likeness (QED) is 0.469. The van der Waals surface area contributed by atoms with Crippen molar-refractivity contribution in [3.8, 4) is 5.75 Å². The van der Waals surface area contributed by atoms with E-state index in [-0.39, 0.29) is 0 Å². The maximum absolute atomic E-state index is 9.06. The first-order chi connectivity index (χ1) is 10.2. The van der Waals surface area contributed by atoms with Gasteiger partial charge in [-0.05, 0) is 36.8 Å². The van der Waals surface area contributed by atoms with E-state index < -0.39 is 0 Å². The number of halogens is 2.